The molecule has 1 fully saturated rings. The Labute approximate surface area is 83.4 Å². The molecule has 3 N–H and O–H groups in total. The molecule has 7 heteroatoms. The van der Waals surface area contributed by atoms with E-state index in [9.17, 15) is 14.4 Å². The zero-order chi connectivity index (χ0) is 11.2. The van der Waals surface area contributed by atoms with E-state index in [4.69, 9.17) is 5.11 Å². The maximum absolute atomic E-state index is 11.4. The van der Waals surface area contributed by atoms with Crippen molar-refractivity contribution in [3.8, 4) is 0 Å². The molecule has 1 aliphatic rings. The van der Waals surface area contributed by atoms with Crippen LogP contribution in [0.4, 0.5) is 0 Å². The number of carboxylic acids is 1. The summed E-state index contributed by atoms with van der Waals surface area (Å²) in [6.45, 7) is 1.68. The van der Waals surface area contributed by atoms with Crippen molar-refractivity contribution in [1.29, 1.82) is 0 Å². The quantitative estimate of drug-likeness (QED) is 0.498. The average molecular weight is 211 g/mol. The van der Waals surface area contributed by atoms with Crippen LogP contribution in [0, 0.1) is 6.92 Å². The van der Waals surface area contributed by atoms with Crippen LogP contribution in [0.5, 0.6) is 0 Å². The molecule has 1 unspecified atom stereocenters. The molecule has 2 rings (SSSR count). The van der Waals surface area contributed by atoms with Crippen molar-refractivity contribution < 1.29 is 9.90 Å². The molecule has 7 nitrogen and oxygen atoms in total. The summed E-state index contributed by atoms with van der Waals surface area (Å²) in [5.74, 6) is -1.14. The first-order valence-electron chi connectivity index (χ1n) is 4.29. The Morgan fingerprint density at radius 2 is 2.20 bits per heavy atom. The Kier molecular flexibility index (Phi) is 1.80. The van der Waals surface area contributed by atoms with E-state index in [-0.39, 0.29) is 6.54 Å². The number of H-pyrrole nitrogens is 1. The molecule has 0 radical (unpaired) electrons. The summed E-state index contributed by atoms with van der Waals surface area (Å²) >= 11 is 0. The molecule has 0 amide bonds. The molecule has 1 atom stereocenters. The monoisotopic (exact) mass is 211 g/mol. The molecule has 1 saturated heterocycles. The van der Waals surface area contributed by atoms with E-state index in [1.807, 2.05) is 0 Å². The Balaban J connectivity index is 2.65. The van der Waals surface area contributed by atoms with Crippen LogP contribution in [-0.2, 0) is 10.5 Å². The number of hydrogen-bond donors (Lipinski definition) is 3. The highest BCUT2D eigenvalue weighted by Gasteiger charge is 2.53. The summed E-state index contributed by atoms with van der Waals surface area (Å²) in [7, 11) is 0. The summed E-state index contributed by atoms with van der Waals surface area (Å²) in [5, 5.41) is 11.5. The van der Waals surface area contributed by atoms with Gasteiger partial charge in [-0.25, -0.2) is 9.59 Å². The molecule has 0 saturated carbocycles. The summed E-state index contributed by atoms with van der Waals surface area (Å²) in [4.78, 5) is 35.4. The number of rotatable bonds is 2. The van der Waals surface area contributed by atoms with Gasteiger partial charge < -0.3 is 5.11 Å². The van der Waals surface area contributed by atoms with Gasteiger partial charge in [-0.2, -0.15) is 0 Å². The zero-order valence-electron chi connectivity index (χ0n) is 7.90. The SMILES string of the molecule is Cc1cn(C2(C(=O)O)CN2)c(=O)[nH]c1=O. The van der Waals surface area contributed by atoms with Crippen molar-refractivity contribution in [2.75, 3.05) is 6.54 Å². The normalized spacial score (nSPS) is 23.8. The molecule has 0 aliphatic carbocycles. The van der Waals surface area contributed by atoms with Crippen LogP contribution < -0.4 is 16.6 Å². The highest BCUT2D eigenvalue weighted by Crippen LogP contribution is 2.21. The first kappa shape index (κ1) is 9.66. The lowest BCUT2D eigenvalue weighted by Crippen LogP contribution is -2.43. The van der Waals surface area contributed by atoms with Gasteiger partial charge in [0, 0.05) is 18.3 Å². The molecule has 2 heterocycles. The highest BCUT2D eigenvalue weighted by atomic mass is 16.4. The predicted molar refractivity (Wildman–Crippen MR) is 49.7 cm³/mol. The number of carboxylic acid groups (broad SMARTS) is 1. The topological polar surface area (TPSA) is 114 Å². The number of aryl methyl sites for hydroxylation is 1. The van der Waals surface area contributed by atoms with E-state index < -0.39 is 22.9 Å². The summed E-state index contributed by atoms with van der Waals surface area (Å²) in [5.41, 5.74) is -2.31. The lowest BCUT2D eigenvalue weighted by atomic mass is 10.3. The van der Waals surface area contributed by atoms with Crippen LogP contribution in [0.15, 0.2) is 15.8 Å². The van der Waals surface area contributed by atoms with E-state index in [1.54, 1.807) is 0 Å². The van der Waals surface area contributed by atoms with Crippen molar-refractivity contribution in [3.05, 3.63) is 32.6 Å². The number of nitrogens with zero attached hydrogens (tertiary/aromatic N) is 1. The zero-order valence-corrected chi connectivity index (χ0v) is 7.90. The van der Waals surface area contributed by atoms with Gasteiger partial charge in [-0.1, -0.05) is 0 Å². The third kappa shape index (κ3) is 1.28. The average Bonchev–Trinajstić information content (AvgIpc) is 2.92. The molecule has 0 aromatic carbocycles. The highest BCUT2D eigenvalue weighted by molar-refractivity contribution is 5.79. The second-order valence-corrected chi connectivity index (χ2v) is 3.46. The Morgan fingerprint density at radius 3 is 2.67 bits per heavy atom. The molecule has 1 aromatic heterocycles. The third-order valence-corrected chi connectivity index (χ3v) is 2.40. The maximum Gasteiger partial charge on any atom is 0.346 e. The molecule has 15 heavy (non-hydrogen) atoms. The van der Waals surface area contributed by atoms with Crippen LogP contribution >= 0.6 is 0 Å². The van der Waals surface area contributed by atoms with Crippen molar-refractivity contribution in [2.45, 2.75) is 12.6 Å². The van der Waals surface area contributed by atoms with Crippen LogP contribution in [0.1, 0.15) is 5.56 Å². The lowest BCUT2D eigenvalue weighted by Gasteiger charge is -2.11. The van der Waals surface area contributed by atoms with Gasteiger partial charge in [-0.05, 0) is 6.92 Å². The minimum atomic E-state index is -1.38. The minimum Gasteiger partial charge on any atom is -0.478 e. The number of aromatic amines is 1. The number of nitrogens with one attached hydrogen (secondary N) is 2. The minimum absolute atomic E-state index is 0.174. The van der Waals surface area contributed by atoms with Gasteiger partial charge in [-0.3, -0.25) is 19.7 Å². The summed E-state index contributed by atoms with van der Waals surface area (Å²) < 4.78 is 0.992. The van der Waals surface area contributed by atoms with Crippen LogP contribution in [0.2, 0.25) is 0 Å². The van der Waals surface area contributed by atoms with E-state index >= 15 is 0 Å². The number of aromatic nitrogens is 2. The van der Waals surface area contributed by atoms with Crippen molar-refractivity contribution in [3.63, 3.8) is 0 Å². The number of aliphatic carboxylic acids is 1. The van der Waals surface area contributed by atoms with Gasteiger partial charge in [-0.15, -0.1) is 0 Å². The van der Waals surface area contributed by atoms with Gasteiger partial charge in [0.05, 0.1) is 0 Å². The molecular weight excluding hydrogens is 202 g/mol. The second kappa shape index (κ2) is 2.80. The Morgan fingerprint density at radius 1 is 1.60 bits per heavy atom. The smallest absolute Gasteiger partial charge is 0.346 e. The Bertz CT molecular complexity index is 538. The number of hydrogen-bond acceptors (Lipinski definition) is 4. The number of carbonyl (C=O) groups is 1. The third-order valence-electron chi connectivity index (χ3n) is 2.40. The van der Waals surface area contributed by atoms with Gasteiger partial charge in [0.1, 0.15) is 0 Å². The van der Waals surface area contributed by atoms with Crippen LogP contribution in [-0.4, -0.2) is 27.2 Å². The maximum atomic E-state index is 11.4. The first-order valence-corrected chi connectivity index (χ1v) is 4.29. The standard InChI is InChI=1S/C8H9N3O4/c1-4-2-11(7(15)10-5(4)12)8(3-9-8)6(13)14/h2,9H,3H2,1H3,(H,13,14)(H,10,12,15). The van der Waals surface area contributed by atoms with Crippen molar-refractivity contribution in [2.24, 2.45) is 0 Å². The van der Waals surface area contributed by atoms with Gasteiger partial charge in [0.2, 0.25) is 5.66 Å². The second-order valence-electron chi connectivity index (χ2n) is 3.46. The predicted octanol–water partition coefficient (Wildman–Crippen LogP) is -1.81. The summed E-state index contributed by atoms with van der Waals surface area (Å²) in [6.07, 6.45) is 1.25. The van der Waals surface area contributed by atoms with E-state index in [2.05, 4.69) is 10.3 Å². The fraction of sp³-hybridized carbons (Fsp3) is 0.375. The molecular formula is C8H9N3O4. The molecule has 0 bridgehead atoms. The molecule has 1 aromatic rings. The van der Waals surface area contributed by atoms with Crippen LogP contribution in [0.3, 0.4) is 0 Å². The fourth-order valence-electron chi connectivity index (χ4n) is 1.36. The molecule has 80 valence electrons. The van der Waals surface area contributed by atoms with Crippen molar-refractivity contribution in [1.82, 2.24) is 14.9 Å². The summed E-state index contributed by atoms with van der Waals surface area (Å²) in [6, 6.07) is 0. The van der Waals surface area contributed by atoms with Gasteiger partial charge >= 0.3 is 11.7 Å². The first-order chi connectivity index (χ1) is 6.97. The fourth-order valence-corrected chi connectivity index (χ4v) is 1.36. The molecule has 0 spiro atoms. The van der Waals surface area contributed by atoms with Gasteiger partial charge in [0.25, 0.3) is 5.56 Å². The van der Waals surface area contributed by atoms with Crippen molar-refractivity contribution >= 4 is 5.97 Å². The van der Waals surface area contributed by atoms with Gasteiger partial charge in [0.15, 0.2) is 0 Å². The van der Waals surface area contributed by atoms with E-state index in [1.165, 1.54) is 13.1 Å². The van der Waals surface area contributed by atoms with Crippen LogP contribution in [0.25, 0.3) is 0 Å². The Hall–Kier alpha value is -1.89. The van der Waals surface area contributed by atoms with E-state index in [0.29, 0.717) is 5.56 Å². The largest absolute Gasteiger partial charge is 0.478 e. The molecule has 1 aliphatic heterocycles. The van der Waals surface area contributed by atoms with E-state index in [0.717, 1.165) is 4.57 Å². The lowest BCUT2D eigenvalue weighted by molar-refractivity contribution is -0.142.